The Morgan fingerprint density at radius 1 is 1.00 bits per heavy atom. The van der Waals surface area contributed by atoms with E-state index in [-0.39, 0.29) is 5.11 Å². The van der Waals surface area contributed by atoms with Gasteiger partial charge < -0.3 is 19.5 Å². The minimum absolute atomic E-state index is 0.274. The average molecular weight is 414 g/mol. The molecular weight excluding hydrogens is 386 g/mol. The summed E-state index contributed by atoms with van der Waals surface area (Å²) < 4.78 is 15.9. The molecule has 8 nitrogen and oxygen atoms in total. The number of hydrazine groups is 1. The number of ether oxygens (including phenoxy) is 3. The Morgan fingerprint density at radius 2 is 1.63 bits per heavy atom. The number of hydrogen-bond donors (Lipinski definition) is 4. The molecule has 0 atom stereocenters. The number of methoxy groups -OCH3 is 3. The molecule has 1 aromatic rings. The molecule has 0 radical (unpaired) electrons. The molecular formula is C17H27N5O3S2. The molecule has 0 saturated carbocycles. The molecule has 0 spiro atoms. The third-order valence-electron chi connectivity index (χ3n) is 3.42. The van der Waals surface area contributed by atoms with Crippen LogP contribution in [0, 0.1) is 0 Å². The van der Waals surface area contributed by atoms with Gasteiger partial charge >= 0.3 is 0 Å². The zero-order chi connectivity index (χ0) is 20.1. The molecule has 0 aliphatic carbocycles. The van der Waals surface area contributed by atoms with Crippen molar-refractivity contribution in [3.05, 3.63) is 17.7 Å². The molecule has 0 amide bonds. The normalized spacial score (nSPS) is 10.2. The molecule has 0 unspecified atom stereocenters. The van der Waals surface area contributed by atoms with E-state index in [1.165, 1.54) is 6.42 Å². The van der Waals surface area contributed by atoms with Gasteiger partial charge in [-0.2, -0.15) is 5.10 Å². The summed E-state index contributed by atoms with van der Waals surface area (Å²) in [5.41, 5.74) is 9.00. The van der Waals surface area contributed by atoms with E-state index < -0.39 is 0 Å². The summed E-state index contributed by atoms with van der Waals surface area (Å²) in [6, 6.07) is 3.55. The Hall–Kier alpha value is -2.33. The summed E-state index contributed by atoms with van der Waals surface area (Å²) in [4.78, 5) is 0. The quantitative estimate of drug-likeness (QED) is 0.210. The monoisotopic (exact) mass is 413 g/mol. The van der Waals surface area contributed by atoms with Crippen molar-refractivity contribution in [1.29, 1.82) is 0 Å². The van der Waals surface area contributed by atoms with E-state index in [4.69, 9.17) is 38.6 Å². The van der Waals surface area contributed by atoms with Crippen LogP contribution >= 0.6 is 24.4 Å². The lowest BCUT2D eigenvalue weighted by atomic mass is 10.2. The van der Waals surface area contributed by atoms with Gasteiger partial charge in [-0.25, -0.2) is 0 Å². The van der Waals surface area contributed by atoms with Crippen molar-refractivity contribution in [2.24, 2.45) is 5.10 Å². The predicted molar refractivity (Wildman–Crippen MR) is 116 cm³/mol. The molecule has 0 heterocycles. The van der Waals surface area contributed by atoms with Crippen molar-refractivity contribution in [1.82, 2.24) is 21.6 Å². The van der Waals surface area contributed by atoms with Crippen LogP contribution in [-0.2, 0) is 0 Å². The number of hydrazone groups is 1. The second-order valence-electron chi connectivity index (χ2n) is 5.37. The summed E-state index contributed by atoms with van der Waals surface area (Å²) in [5.74, 6) is 1.60. The zero-order valence-corrected chi connectivity index (χ0v) is 17.7. The summed E-state index contributed by atoms with van der Waals surface area (Å²) >= 11 is 10.3. The van der Waals surface area contributed by atoms with E-state index in [1.54, 1.807) is 39.7 Å². The van der Waals surface area contributed by atoms with Gasteiger partial charge in [0.2, 0.25) is 10.9 Å². The molecule has 27 heavy (non-hydrogen) atoms. The van der Waals surface area contributed by atoms with Crippen LogP contribution in [-0.4, -0.2) is 44.3 Å². The predicted octanol–water partition coefficient (Wildman–Crippen LogP) is 2.08. The van der Waals surface area contributed by atoms with Crippen LogP contribution in [0.4, 0.5) is 0 Å². The van der Waals surface area contributed by atoms with Crippen molar-refractivity contribution in [2.45, 2.75) is 26.2 Å². The zero-order valence-electron chi connectivity index (χ0n) is 16.0. The van der Waals surface area contributed by atoms with Crippen molar-refractivity contribution >= 4 is 40.9 Å². The minimum atomic E-state index is 0.274. The first-order valence-electron chi connectivity index (χ1n) is 8.48. The van der Waals surface area contributed by atoms with Gasteiger partial charge in [0.1, 0.15) is 0 Å². The Balaban J connectivity index is 2.49. The molecule has 0 aromatic heterocycles. The van der Waals surface area contributed by atoms with Crippen molar-refractivity contribution in [2.75, 3.05) is 27.9 Å². The van der Waals surface area contributed by atoms with Crippen molar-refractivity contribution in [3.63, 3.8) is 0 Å². The highest BCUT2D eigenvalue weighted by atomic mass is 32.1. The summed E-state index contributed by atoms with van der Waals surface area (Å²) in [6.45, 7) is 2.97. The van der Waals surface area contributed by atoms with Gasteiger partial charge in [-0.3, -0.25) is 16.3 Å². The van der Waals surface area contributed by atoms with Gasteiger partial charge in [-0.15, -0.1) is 0 Å². The van der Waals surface area contributed by atoms with Gasteiger partial charge in [0.15, 0.2) is 16.6 Å². The molecule has 0 bridgehead atoms. The van der Waals surface area contributed by atoms with E-state index >= 15 is 0 Å². The standard InChI is InChI=1S/C17H27N5O3S2/c1-5-6-7-8-18-16(26)21-22-17(27)20-19-11-12-9-13(23-2)15(25-4)14(10-12)24-3/h9-11H,5-8H2,1-4H3,(H2,18,21,26)(H2,20,22,27)/b19-11+. The van der Waals surface area contributed by atoms with Crippen LogP contribution in [0.3, 0.4) is 0 Å². The van der Waals surface area contributed by atoms with E-state index in [0.717, 1.165) is 24.9 Å². The Kier molecular flexibility index (Phi) is 10.9. The maximum Gasteiger partial charge on any atom is 0.205 e. The van der Waals surface area contributed by atoms with E-state index in [0.29, 0.717) is 22.4 Å². The second kappa shape index (κ2) is 12.9. The summed E-state index contributed by atoms with van der Waals surface area (Å²) in [6.07, 6.45) is 4.98. The molecule has 1 rings (SSSR count). The third-order valence-corrected chi connectivity index (χ3v) is 3.86. The van der Waals surface area contributed by atoms with E-state index in [9.17, 15) is 0 Å². The van der Waals surface area contributed by atoms with Crippen LogP contribution in [0.15, 0.2) is 17.2 Å². The van der Waals surface area contributed by atoms with Gasteiger partial charge in [0, 0.05) is 12.1 Å². The van der Waals surface area contributed by atoms with Gasteiger partial charge in [-0.1, -0.05) is 19.8 Å². The topological polar surface area (TPSA) is 88.2 Å². The molecule has 150 valence electrons. The van der Waals surface area contributed by atoms with Gasteiger partial charge in [0.25, 0.3) is 0 Å². The number of nitrogens with one attached hydrogen (secondary N) is 4. The fourth-order valence-electron chi connectivity index (χ4n) is 2.10. The van der Waals surface area contributed by atoms with Crippen LogP contribution in [0.25, 0.3) is 0 Å². The van der Waals surface area contributed by atoms with E-state index in [1.807, 2.05) is 0 Å². The summed E-state index contributed by atoms with van der Waals surface area (Å²) in [7, 11) is 4.66. The molecule has 4 N–H and O–H groups in total. The molecule has 0 aliphatic rings. The number of thiocarbonyl (C=S) groups is 2. The molecule has 0 fully saturated rings. The highest BCUT2D eigenvalue weighted by Crippen LogP contribution is 2.37. The Bertz CT molecular complexity index is 630. The van der Waals surface area contributed by atoms with E-state index in [2.05, 4.69) is 33.6 Å². The number of rotatable bonds is 9. The van der Waals surface area contributed by atoms with Crippen LogP contribution < -0.4 is 35.8 Å². The SMILES string of the molecule is CCCCCNC(=S)NNC(=S)N/N=C/c1cc(OC)c(OC)c(OC)c1. The fraction of sp³-hybridized carbons (Fsp3) is 0.471. The Labute approximate surface area is 171 Å². The molecule has 1 aromatic carbocycles. The number of unbranched alkanes of at least 4 members (excludes halogenated alkanes) is 2. The smallest absolute Gasteiger partial charge is 0.205 e. The molecule has 0 aliphatic heterocycles. The fourth-order valence-corrected chi connectivity index (χ4v) is 2.36. The maximum absolute atomic E-state index is 5.30. The van der Waals surface area contributed by atoms with Crippen LogP contribution in [0.2, 0.25) is 0 Å². The average Bonchev–Trinajstić information content (AvgIpc) is 2.68. The highest BCUT2D eigenvalue weighted by Gasteiger charge is 2.12. The van der Waals surface area contributed by atoms with Crippen LogP contribution in [0.5, 0.6) is 17.2 Å². The molecule has 0 saturated heterocycles. The second-order valence-corrected chi connectivity index (χ2v) is 6.19. The first-order valence-corrected chi connectivity index (χ1v) is 9.30. The lowest BCUT2D eigenvalue weighted by Gasteiger charge is -2.13. The van der Waals surface area contributed by atoms with Gasteiger partial charge in [0.05, 0.1) is 27.5 Å². The van der Waals surface area contributed by atoms with Gasteiger partial charge in [-0.05, 0) is 43.0 Å². The highest BCUT2D eigenvalue weighted by molar-refractivity contribution is 7.80. The first kappa shape index (κ1) is 22.7. The van der Waals surface area contributed by atoms with Crippen LogP contribution in [0.1, 0.15) is 31.7 Å². The minimum Gasteiger partial charge on any atom is -0.493 e. The Morgan fingerprint density at radius 3 is 2.19 bits per heavy atom. The number of benzene rings is 1. The number of hydrogen-bond acceptors (Lipinski definition) is 6. The number of nitrogens with zero attached hydrogens (tertiary/aromatic N) is 1. The lowest BCUT2D eigenvalue weighted by Crippen LogP contribution is -2.49. The van der Waals surface area contributed by atoms with Crippen molar-refractivity contribution < 1.29 is 14.2 Å². The summed E-state index contributed by atoms with van der Waals surface area (Å²) in [5, 5.41) is 7.91. The van der Waals surface area contributed by atoms with Crippen molar-refractivity contribution in [3.8, 4) is 17.2 Å². The largest absolute Gasteiger partial charge is 0.493 e. The lowest BCUT2D eigenvalue weighted by molar-refractivity contribution is 0.324. The molecule has 10 heteroatoms. The maximum atomic E-state index is 5.30. The third kappa shape index (κ3) is 8.27. The first-order chi connectivity index (χ1) is 13.0.